The summed E-state index contributed by atoms with van der Waals surface area (Å²) in [6.07, 6.45) is 0. The van der Waals surface area contributed by atoms with Gasteiger partial charge < -0.3 is 18.9 Å². The Kier molecular flexibility index (Phi) is 6.87. The van der Waals surface area contributed by atoms with Crippen LogP contribution in [0.25, 0.3) is 0 Å². The number of hydrogen-bond acceptors (Lipinski definition) is 7. The molecule has 1 aromatic carbocycles. The molecule has 0 N–H and O–H groups in total. The Labute approximate surface area is 182 Å². The first-order valence-electron chi connectivity index (χ1n) is 9.84. The number of carbonyl (C=O) groups excluding carboxylic acids is 1. The molecule has 31 heavy (non-hydrogen) atoms. The van der Waals surface area contributed by atoms with Crippen molar-refractivity contribution in [3.63, 3.8) is 0 Å². The number of nitrogens with zero attached hydrogens (tertiary/aromatic N) is 4. The van der Waals surface area contributed by atoms with Crippen LogP contribution in [0.5, 0.6) is 11.5 Å². The van der Waals surface area contributed by atoms with Gasteiger partial charge in [0.1, 0.15) is 12.4 Å². The molecule has 10 nitrogen and oxygen atoms in total. The largest absolute Gasteiger partial charge is 0.493 e. The van der Waals surface area contributed by atoms with E-state index in [2.05, 4.69) is 5.16 Å². The third-order valence-corrected chi connectivity index (χ3v) is 7.22. The number of methoxy groups -OCH3 is 1. The number of aromatic nitrogens is 1. The SMILES string of the molecule is COc1cc(C(=O)N2CCN(S(=O)(=O)N(C)C)CC2)ccc1OCc1c(C)noc1C. The minimum Gasteiger partial charge on any atom is -0.493 e. The first-order chi connectivity index (χ1) is 14.6. The van der Waals surface area contributed by atoms with Crippen molar-refractivity contribution in [3.8, 4) is 11.5 Å². The smallest absolute Gasteiger partial charge is 0.281 e. The molecule has 0 aliphatic carbocycles. The van der Waals surface area contributed by atoms with Gasteiger partial charge in [-0.1, -0.05) is 5.16 Å². The monoisotopic (exact) mass is 452 g/mol. The molecular formula is C20H28N4O6S. The molecule has 3 rings (SSSR count). The first kappa shape index (κ1) is 23.0. The molecule has 0 atom stereocenters. The number of hydrogen-bond donors (Lipinski definition) is 0. The summed E-state index contributed by atoms with van der Waals surface area (Å²) in [4.78, 5) is 14.6. The zero-order valence-electron chi connectivity index (χ0n) is 18.4. The van der Waals surface area contributed by atoms with Crippen LogP contribution in [0.15, 0.2) is 22.7 Å². The Morgan fingerprint density at radius 2 is 1.84 bits per heavy atom. The van der Waals surface area contributed by atoms with Gasteiger partial charge in [0.2, 0.25) is 0 Å². The molecule has 1 aliphatic heterocycles. The van der Waals surface area contributed by atoms with Gasteiger partial charge in [0.25, 0.3) is 16.1 Å². The second-order valence-electron chi connectivity index (χ2n) is 7.44. The van der Waals surface area contributed by atoms with E-state index in [0.717, 1.165) is 11.3 Å². The van der Waals surface area contributed by atoms with E-state index in [9.17, 15) is 13.2 Å². The lowest BCUT2D eigenvalue weighted by Gasteiger charge is -2.35. The van der Waals surface area contributed by atoms with E-state index in [-0.39, 0.29) is 25.6 Å². The van der Waals surface area contributed by atoms with Gasteiger partial charge in [-0.3, -0.25) is 4.79 Å². The van der Waals surface area contributed by atoms with E-state index in [0.29, 0.717) is 35.9 Å². The molecule has 2 aromatic rings. The minimum absolute atomic E-state index is 0.183. The lowest BCUT2D eigenvalue weighted by Crippen LogP contribution is -2.53. The maximum absolute atomic E-state index is 12.9. The van der Waals surface area contributed by atoms with Crippen molar-refractivity contribution in [3.05, 3.63) is 40.8 Å². The van der Waals surface area contributed by atoms with Gasteiger partial charge in [-0.25, -0.2) is 0 Å². The summed E-state index contributed by atoms with van der Waals surface area (Å²) < 4.78 is 43.5. The standard InChI is InChI=1S/C20H28N4O6S/c1-14-17(15(2)30-21-14)13-29-18-7-6-16(12-19(18)28-5)20(25)23-8-10-24(11-9-23)31(26,27)22(3)4/h6-7,12H,8-11,13H2,1-5H3. The predicted octanol–water partition coefficient (Wildman–Crippen LogP) is 1.44. The topological polar surface area (TPSA) is 105 Å². The Balaban J connectivity index is 1.67. The fourth-order valence-corrected chi connectivity index (χ4v) is 4.40. The van der Waals surface area contributed by atoms with Crippen LogP contribution in [0.2, 0.25) is 0 Å². The van der Waals surface area contributed by atoms with Gasteiger partial charge >= 0.3 is 0 Å². The van der Waals surface area contributed by atoms with E-state index < -0.39 is 10.2 Å². The zero-order chi connectivity index (χ0) is 22.8. The summed E-state index contributed by atoms with van der Waals surface area (Å²) in [6.45, 7) is 5.08. The summed E-state index contributed by atoms with van der Waals surface area (Å²) >= 11 is 0. The second kappa shape index (κ2) is 9.25. The van der Waals surface area contributed by atoms with Gasteiger partial charge in [-0.2, -0.15) is 17.0 Å². The highest BCUT2D eigenvalue weighted by molar-refractivity contribution is 7.86. The number of rotatable bonds is 7. The Morgan fingerprint density at radius 3 is 2.39 bits per heavy atom. The van der Waals surface area contributed by atoms with Gasteiger partial charge in [-0.05, 0) is 32.0 Å². The number of piperazine rings is 1. The summed E-state index contributed by atoms with van der Waals surface area (Å²) in [6, 6.07) is 5.00. The maximum atomic E-state index is 12.9. The lowest BCUT2D eigenvalue weighted by molar-refractivity contribution is 0.0694. The highest BCUT2D eigenvalue weighted by atomic mass is 32.2. The Hall–Kier alpha value is -2.63. The fourth-order valence-electron chi connectivity index (χ4n) is 3.31. The second-order valence-corrected chi connectivity index (χ2v) is 9.58. The normalized spacial score (nSPS) is 15.4. The van der Waals surface area contributed by atoms with Crippen molar-refractivity contribution in [2.45, 2.75) is 20.5 Å². The Morgan fingerprint density at radius 1 is 1.16 bits per heavy atom. The number of benzene rings is 1. The van der Waals surface area contributed by atoms with Crippen molar-refractivity contribution in [1.29, 1.82) is 0 Å². The van der Waals surface area contributed by atoms with Gasteiger partial charge in [0.15, 0.2) is 11.5 Å². The van der Waals surface area contributed by atoms with E-state index in [4.69, 9.17) is 14.0 Å². The van der Waals surface area contributed by atoms with Crippen LogP contribution in [0.4, 0.5) is 0 Å². The molecule has 0 bridgehead atoms. The van der Waals surface area contributed by atoms with Gasteiger partial charge in [-0.15, -0.1) is 0 Å². The van der Waals surface area contributed by atoms with Crippen molar-refractivity contribution in [2.75, 3.05) is 47.4 Å². The average Bonchev–Trinajstić information content (AvgIpc) is 3.08. The molecule has 0 unspecified atom stereocenters. The quantitative estimate of drug-likeness (QED) is 0.626. The van der Waals surface area contributed by atoms with Crippen LogP contribution < -0.4 is 9.47 Å². The van der Waals surface area contributed by atoms with Gasteiger partial charge in [0, 0.05) is 45.8 Å². The van der Waals surface area contributed by atoms with Crippen LogP contribution in [-0.2, 0) is 16.8 Å². The molecule has 1 amide bonds. The number of aryl methyl sites for hydroxylation is 2. The molecule has 0 radical (unpaired) electrons. The highest BCUT2D eigenvalue weighted by Gasteiger charge is 2.30. The van der Waals surface area contributed by atoms with Crippen LogP contribution in [0, 0.1) is 13.8 Å². The van der Waals surface area contributed by atoms with E-state index in [1.807, 2.05) is 13.8 Å². The van der Waals surface area contributed by atoms with Gasteiger partial charge in [0.05, 0.1) is 18.4 Å². The molecular weight excluding hydrogens is 424 g/mol. The van der Waals surface area contributed by atoms with Crippen LogP contribution >= 0.6 is 0 Å². The third kappa shape index (κ3) is 4.83. The maximum Gasteiger partial charge on any atom is 0.281 e. The number of carbonyl (C=O) groups is 1. The van der Waals surface area contributed by atoms with E-state index in [1.54, 1.807) is 23.1 Å². The molecule has 170 valence electrons. The van der Waals surface area contributed by atoms with E-state index in [1.165, 1.54) is 29.8 Å². The molecule has 2 heterocycles. The molecule has 1 saturated heterocycles. The van der Waals surface area contributed by atoms with Crippen LogP contribution in [-0.4, -0.2) is 80.4 Å². The minimum atomic E-state index is -3.48. The van der Waals surface area contributed by atoms with Crippen LogP contribution in [0.3, 0.4) is 0 Å². The summed E-state index contributed by atoms with van der Waals surface area (Å²) in [5, 5.41) is 3.91. The van der Waals surface area contributed by atoms with Crippen molar-refractivity contribution in [2.24, 2.45) is 0 Å². The Bertz CT molecular complexity index is 1020. The summed E-state index contributed by atoms with van der Waals surface area (Å²) in [7, 11) is 1.02. The first-order valence-corrected chi connectivity index (χ1v) is 11.2. The highest BCUT2D eigenvalue weighted by Crippen LogP contribution is 2.30. The number of amides is 1. The fraction of sp³-hybridized carbons (Fsp3) is 0.500. The molecule has 1 aromatic heterocycles. The summed E-state index contributed by atoms with van der Waals surface area (Å²) in [5.74, 6) is 1.45. The van der Waals surface area contributed by atoms with Crippen molar-refractivity contribution in [1.82, 2.24) is 18.7 Å². The number of ether oxygens (including phenoxy) is 2. The molecule has 0 saturated carbocycles. The molecule has 0 spiro atoms. The van der Waals surface area contributed by atoms with Crippen LogP contribution in [0.1, 0.15) is 27.4 Å². The molecule has 1 fully saturated rings. The van der Waals surface area contributed by atoms with Crippen molar-refractivity contribution >= 4 is 16.1 Å². The zero-order valence-corrected chi connectivity index (χ0v) is 19.2. The lowest BCUT2D eigenvalue weighted by atomic mass is 10.1. The molecule has 1 aliphatic rings. The molecule has 11 heteroatoms. The average molecular weight is 453 g/mol. The van der Waals surface area contributed by atoms with E-state index >= 15 is 0 Å². The predicted molar refractivity (Wildman–Crippen MR) is 113 cm³/mol. The van der Waals surface area contributed by atoms with Crippen molar-refractivity contribution < 1.29 is 27.2 Å². The third-order valence-electron chi connectivity index (χ3n) is 5.28. The summed E-state index contributed by atoms with van der Waals surface area (Å²) in [5.41, 5.74) is 2.08.